The van der Waals surface area contributed by atoms with Gasteiger partial charge in [0, 0.05) is 11.6 Å². The van der Waals surface area contributed by atoms with E-state index in [2.05, 4.69) is 10.3 Å². The maximum atomic E-state index is 13.0. The van der Waals surface area contributed by atoms with E-state index in [0.717, 1.165) is 22.0 Å². The zero-order valence-electron chi connectivity index (χ0n) is 13.8. The van der Waals surface area contributed by atoms with Crippen LogP contribution >= 0.6 is 0 Å². The van der Waals surface area contributed by atoms with Crippen molar-refractivity contribution in [3.63, 3.8) is 0 Å². The van der Waals surface area contributed by atoms with Gasteiger partial charge in [0.1, 0.15) is 5.54 Å². The van der Waals surface area contributed by atoms with E-state index in [0.29, 0.717) is 0 Å². The van der Waals surface area contributed by atoms with Gasteiger partial charge in [-0.15, -0.1) is 0 Å². The Kier molecular flexibility index (Phi) is 3.50. The summed E-state index contributed by atoms with van der Waals surface area (Å²) in [5.41, 5.74) is 1.38. The molecule has 0 saturated carbocycles. The number of carbonyl (C=O) groups excluding carboxylic acids is 2. The summed E-state index contributed by atoms with van der Waals surface area (Å²) < 4.78 is 0. The van der Waals surface area contributed by atoms with Crippen molar-refractivity contribution in [3.8, 4) is 0 Å². The molecule has 1 aliphatic rings. The molecule has 0 aliphatic carbocycles. The molecule has 0 radical (unpaired) electrons. The molecule has 0 bridgehead atoms. The van der Waals surface area contributed by atoms with Gasteiger partial charge in [0.25, 0.3) is 5.91 Å². The molecule has 1 fully saturated rings. The smallest absolute Gasteiger partial charge is 0.319 e. The number of aromatic nitrogens is 1. The molecule has 3 aromatic rings. The number of urea groups is 1. The largest absolute Gasteiger partial charge is 0.325 e. The van der Waals surface area contributed by atoms with E-state index in [4.69, 9.17) is 0 Å². The Morgan fingerprint density at radius 2 is 1.76 bits per heavy atom. The van der Waals surface area contributed by atoms with E-state index in [1.807, 2.05) is 60.7 Å². The Morgan fingerprint density at radius 3 is 2.56 bits per heavy atom. The third-order valence-corrected chi connectivity index (χ3v) is 4.67. The molecule has 3 amide bonds. The summed E-state index contributed by atoms with van der Waals surface area (Å²) in [6, 6.07) is 18.5. The quantitative estimate of drug-likeness (QED) is 0.750. The summed E-state index contributed by atoms with van der Waals surface area (Å²) in [6.07, 6.45) is 1.71. The Balaban J connectivity index is 1.70. The number of nitrogens with zero attached hydrogens (tertiary/aromatic N) is 2. The Hall–Kier alpha value is -3.21. The van der Waals surface area contributed by atoms with Gasteiger partial charge in [-0.25, -0.2) is 4.79 Å². The predicted molar refractivity (Wildman–Crippen MR) is 94.6 cm³/mol. The molecular weight excluding hydrogens is 314 g/mol. The maximum Gasteiger partial charge on any atom is 0.325 e. The van der Waals surface area contributed by atoms with Crippen molar-refractivity contribution >= 4 is 22.8 Å². The molecule has 1 aromatic heterocycles. The molecule has 1 aliphatic heterocycles. The van der Waals surface area contributed by atoms with E-state index >= 15 is 0 Å². The number of para-hydroxylation sites is 1. The molecule has 5 nitrogen and oxygen atoms in total. The first-order valence-electron chi connectivity index (χ1n) is 8.12. The molecule has 1 N–H and O–H groups in total. The highest BCUT2D eigenvalue weighted by Crippen LogP contribution is 2.30. The lowest BCUT2D eigenvalue weighted by atomic mass is 9.92. The first-order valence-corrected chi connectivity index (χ1v) is 8.12. The normalized spacial score (nSPS) is 20.1. The molecule has 2 aromatic carbocycles. The van der Waals surface area contributed by atoms with Crippen molar-refractivity contribution in [3.05, 3.63) is 78.0 Å². The second-order valence-electron chi connectivity index (χ2n) is 6.30. The maximum absolute atomic E-state index is 13.0. The molecule has 124 valence electrons. The fourth-order valence-corrected chi connectivity index (χ4v) is 3.27. The number of carbonyl (C=O) groups is 2. The number of rotatable bonds is 3. The first kappa shape index (κ1) is 15.3. The van der Waals surface area contributed by atoms with Gasteiger partial charge in [0.15, 0.2) is 0 Å². The molecule has 1 atom stereocenters. The van der Waals surface area contributed by atoms with Gasteiger partial charge < -0.3 is 5.32 Å². The molecule has 1 saturated heterocycles. The van der Waals surface area contributed by atoms with E-state index in [1.165, 1.54) is 4.90 Å². The SMILES string of the molecule is CC1(c2ccccc2)NC(=O)N(Cc2cccc3cccnc23)C1=O. The van der Waals surface area contributed by atoms with Gasteiger partial charge >= 0.3 is 6.03 Å². The monoisotopic (exact) mass is 331 g/mol. The Morgan fingerprint density at radius 1 is 1.00 bits per heavy atom. The third kappa shape index (κ3) is 2.45. The van der Waals surface area contributed by atoms with Crippen LogP contribution in [0.5, 0.6) is 0 Å². The summed E-state index contributed by atoms with van der Waals surface area (Å²) in [7, 11) is 0. The minimum atomic E-state index is -1.05. The zero-order chi connectivity index (χ0) is 17.4. The first-order chi connectivity index (χ1) is 12.1. The van der Waals surface area contributed by atoms with Crippen LogP contribution in [0.1, 0.15) is 18.1 Å². The molecule has 25 heavy (non-hydrogen) atoms. The Bertz CT molecular complexity index is 966. The van der Waals surface area contributed by atoms with Crippen molar-refractivity contribution in [2.24, 2.45) is 0 Å². The summed E-state index contributed by atoms with van der Waals surface area (Å²) in [5.74, 6) is -0.253. The number of benzene rings is 2. The molecule has 5 heteroatoms. The third-order valence-electron chi connectivity index (χ3n) is 4.67. The molecule has 0 spiro atoms. The number of hydrogen-bond acceptors (Lipinski definition) is 3. The lowest BCUT2D eigenvalue weighted by Gasteiger charge is -2.22. The van der Waals surface area contributed by atoms with E-state index in [9.17, 15) is 9.59 Å². The van der Waals surface area contributed by atoms with Crippen LogP contribution in [-0.2, 0) is 16.9 Å². The van der Waals surface area contributed by atoms with Crippen molar-refractivity contribution in [1.82, 2.24) is 15.2 Å². The Labute approximate surface area is 145 Å². The molecule has 4 rings (SSSR count). The van der Waals surface area contributed by atoms with Crippen LogP contribution < -0.4 is 5.32 Å². The van der Waals surface area contributed by atoms with Gasteiger partial charge in [0.05, 0.1) is 12.1 Å². The standard InChI is InChI=1S/C20H17N3O2/c1-20(16-10-3-2-4-11-16)18(24)23(19(25)22-20)13-15-8-5-7-14-9-6-12-21-17(14)15/h2-12H,13H2,1H3,(H,22,25). The fraction of sp³-hybridized carbons (Fsp3) is 0.150. The number of pyridine rings is 1. The van der Waals surface area contributed by atoms with Crippen LogP contribution in [0.4, 0.5) is 4.79 Å². The number of amides is 3. The number of hydrogen-bond donors (Lipinski definition) is 1. The lowest BCUT2D eigenvalue weighted by molar-refractivity contribution is -0.131. The topological polar surface area (TPSA) is 62.3 Å². The lowest BCUT2D eigenvalue weighted by Crippen LogP contribution is -2.40. The van der Waals surface area contributed by atoms with Crippen molar-refractivity contribution < 1.29 is 9.59 Å². The van der Waals surface area contributed by atoms with Crippen LogP contribution in [0.3, 0.4) is 0 Å². The minimum absolute atomic E-state index is 0.196. The molecule has 1 unspecified atom stereocenters. The van der Waals surface area contributed by atoms with Crippen molar-refractivity contribution in [1.29, 1.82) is 0 Å². The summed E-state index contributed by atoms with van der Waals surface area (Å²) in [6.45, 7) is 1.94. The van der Waals surface area contributed by atoms with Crippen molar-refractivity contribution in [2.75, 3.05) is 0 Å². The molecular formula is C20H17N3O2. The van der Waals surface area contributed by atoms with Gasteiger partial charge in [0.2, 0.25) is 0 Å². The second-order valence-corrected chi connectivity index (χ2v) is 6.30. The van der Waals surface area contributed by atoms with Crippen LogP contribution in [0.15, 0.2) is 66.9 Å². The summed E-state index contributed by atoms with van der Waals surface area (Å²) >= 11 is 0. The number of fused-ring (bicyclic) bond motifs is 1. The highest BCUT2D eigenvalue weighted by Gasteiger charge is 2.48. The average Bonchev–Trinajstić information content (AvgIpc) is 2.87. The van der Waals surface area contributed by atoms with E-state index < -0.39 is 5.54 Å². The summed E-state index contributed by atoms with van der Waals surface area (Å²) in [4.78, 5) is 31.1. The van der Waals surface area contributed by atoms with Crippen molar-refractivity contribution in [2.45, 2.75) is 19.0 Å². The summed E-state index contributed by atoms with van der Waals surface area (Å²) in [5, 5.41) is 3.82. The average molecular weight is 331 g/mol. The highest BCUT2D eigenvalue weighted by molar-refractivity contribution is 6.07. The van der Waals surface area contributed by atoms with Gasteiger partial charge in [-0.3, -0.25) is 14.7 Å². The highest BCUT2D eigenvalue weighted by atomic mass is 16.2. The van der Waals surface area contributed by atoms with Gasteiger partial charge in [-0.2, -0.15) is 0 Å². The minimum Gasteiger partial charge on any atom is -0.319 e. The van der Waals surface area contributed by atoms with Gasteiger partial charge in [-0.05, 0) is 24.1 Å². The van der Waals surface area contributed by atoms with Crippen LogP contribution in [0.2, 0.25) is 0 Å². The van der Waals surface area contributed by atoms with E-state index in [-0.39, 0.29) is 18.5 Å². The second kappa shape index (κ2) is 5.70. The fourth-order valence-electron chi connectivity index (χ4n) is 3.27. The van der Waals surface area contributed by atoms with Gasteiger partial charge in [-0.1, -0.05) is 54.6 Å². The van der Waals surface area contributed by atoms with Crippen LogP contribution in [-0.4, -0.2) is 21.8 Å². The number of imide groups is 1. The van der Waals surface area contributed by atoms with E-state index in [1.54, 1.807) is 13.1 Å². The molecule has 2 heterocycles. The zero-order valence-corrected chi connectivity index (χ0v) is 13.8. The predicted octanol–water partition coefficient (Wildman–Crippen LogP) is 3.20. The number of nitrogens with one attached hydrogen (secondary N) is 1. The van der Waals surface area contributed by atoms with Crippen LogP contribution in [0, 0.1) is 0 Å². The van der Waals surface area contributed by atoms with Crippen LogP contribution in [0.25, 0.3) is 10.9 Å².